The monoisotopic (exact) mass is 331 g/mol. The number of hydrogen-bond donors (Lipinski definition) is 1. The van der Waals surface area contributed by atoms with Gasteiger partial charge in [-0.15, -0.1) is 0 Å². The van der Waals surface area contributed by atoms with E-state index in [1.165, 1.54) is 0 Å². The van der Waals surface area contributed by atoms with Gasteiger partial charge in [0.1, 0.15) is 17.2 Å². The Morgan fingerprint density at radius 3 is 2.20 bits per heavy atom. The van der Waals surface area contributed by atoms with Crippen molar-refractivity contribution in [1.29, 1.82) is 0 Å². The van der Waals surface area contributed by atoms with Crippen LogP contribution in [-0.4, -0.2) is 13.0 Å². The lowest BCUT2D eigenvalue weighted by Crippen LogP contribution is -2.25. The van der Waals surface area contributed by atoms with Crippen molar-refractivity contribution in [2.75, 3.05) is 12.4 Å². The van der Waals surface area contributed by atoms with Gasteiger partial charge in [0.15, 0.2) is 0 Å². The van der Waals surface area contributed by atoms with E-state index in [2.05, 4.69) is 5.32 Å². The molecule has 4 rings (SSSR count). The van der Waals surface area contributed by atoms with Crippen LogP contribution in [0.5, 0.6) is 17.2 Å². The second-order valence-corrected chi connectivity index (χ2v) is 5.83. The molecule has 0 atom stereocenters. The molecule has 0 aliphatic carbocycles. The van der Waals surface area contributed by atoms with Crippen LogP contribution >= 0.6 is 0 Å². The third kappa shape index (κ3) is 2.83. The van der Waals surface area contributed by atoms with Crippen LogP contribution in [-0.2, 0) is 4.79 Å². The predicted octanol–water partition coefficient (Wildman–Crippen LogP) is 4.57. The van der Waals surface area contributed by atoms with Crippen LogP contribution < -0.4 is 14.8 Å². The number of rotatable bonds is 3. The van der Waals surface area contributed by atoms with E-state index in [0.29, 0.717) is 22.9 Å². The number of anilines is 1. The van der Waals surface area contributed by atoms with E-state index in [9.17, 15) is 4.79 Å². The molecule has 0 unspecified atom stereocenters. The topological polar surface area (TPSA) is 47.6 Å². The molecule has 1 aliphatic heterocycles. The van der Waals surface area contributed by atoms with E-state index in [4.69, 9.17) is 9.47 Å². The molecule has 0 fully saturated rings. The molecular formula is C21H17NO3. The van der Waals surface area contributed by atoms with Gasteiger partial charge in [0.05, 0.1) is 13.0 Å². The molecule has 0 bridgehead atoms. The van der Waals surface area contributed by atoms with E-state index in [0.717, 1.165) is 11.1 Å². The normalized spacial score (nSPS) is 12.5. The van der Waals surface area contributed by atoms with Gasteiger partial charge in [-0.3, -0.25) is 4.79 Å². The summed E-state index contributed by atoms with van der Waals surface area (Å²) in [6, 6.07) is 22.6. The number of para-hydroxylation sites is 2. The van der Waals surface area contributed by atoms with Crippen molar-refractivity contribution in [3.8, 4) is 17.2 Å². The zero-order valence-electron chi connectivity index (χ0n) is 13.7. The van der Waals surface area contributed by atoms with Crippen LogP contribution in [0.15, 0.2) is 72.8 Å². The molecule has 0 radical (unpaired) electrons. The second-order valence-electron chi connectivity index (χ2n) is 5.83. The first-order valence-electron chi connectivity index (χ1n) is 8.07. The van der Waals surface area contributed by atoms with E-state index < -0.39 is 5.92 Å². The number of carbonyl (C=O) groups excluding carboxylic acids is 1. The summed E-state index contributed by atoms with van der Waals surface area (Å²) in [4.78, 5) is 13.1. The van der Waals surface area contributed by atoms with E-state index in [-0.39, 0.29) is 5.91 Å². The highest BCUT2D eigenvalue weighted by molar-refractivity contribution is 5.99. The maximum atomic E-state index is 13.1. The number of amides is 1. The molecule has 1 heterocycles. The third-order valence-electron chi connectivity index (χ3n) is 4.28. The van der Waals surface area contributed by atoms with Crippen LogP contribution in [0.4, 0.5) is 5.69 Å². The molecule has 0 aromatic heterocycles. The summed E-state index contributed by atoms with van der Waals surface area (Å²) in [5, 5.41) is 2.99. The van der Waals surface area contributed by atoms with Gasteiger partial charge < -0.3 is 14.8 Å². The van der Waals surface area contributed by atoms with Crippen LogP contribution in [0.1, 0.15) is 17.0 Å². The first kappa shape index (κ1) is 15.3. The van der Waals surface area contributed by atoms with Gasteiger partial charge in [-0.2, -0.15) is 0 Å². The van der Waals surface area contributed by atoms with Crippen LogP contribution in [0.3, 0.4) is 0 Å². The zero-order valence-corrected chi connectivity index (χ0v) is 13.7. The first-order chi connectivity index (χ1) is 12.3. The molecule has 3 aromatic rings. The van der Waals surface area contributed by atoms with Crippen molar-refractivity contribution in [2.45, 2.75) is 5.92 Å². The lowest BCUT2D eigenvalue weighted by Gasteiger charge is -2.27. The lowest BCUT2D eigenvalue weighted by molar-refractivity contribution is -0.116. The van der Waals surface area contributed by atoms with Crippen LogP contribution in [0.2, 0.25) is 0 Å². The molecule has 1 amide bonds. The Morgan fingerprint density at radius 2 is 1.56 bits per heavy atom. The summed E-state index contributed by atoms with van der Waals surface area (Å²) in [5.74, 6) is 1.60. The van der Waals surface area contributed by atoms with Crippen molar-refractivity contribution in [3.05, 3.63) is 83.9 Å². The number of ether oxygens (including phenoxy) is 2. The maximum Gasteiger partial charge on any atom is 0.236 e. The quantitative estimate of drug-likeness (QED) is 0.764. The van der Waals surface area contributed by atoms with E-state index in [1.54, 1.807) is 13.2 Å². The minimum atomic E-state index is -0.424. The second kappa shape index (κ2) is 6.32. The number of carbonyl (C=O) groups is 1. The largest absolute Gasteiger partial charge is 0.497 e. The molecule has 0 spiro atoms. The molecule has 4 heteroatoms. The molecule has 0 saturated carbocycles. The van der Waals surface area contributed by atoms with Crippen molar-refractivity contribution in [2.24, 2.45) is 0 Å². The summed E-state index contributed by atoms with van der Waals surface area (Å²) < 4.78 is 11.2. The Labute approximate surface area is 146 Å². The van der Waals surface area contributed by atoms with Crippen molar-refractivity contribution in [3.63, 3.8) is 0 Å². The Bertz CT molecular complexity index is 890. The van der Waals surface area contributed by atoms with Gasteiger partial charge in [0.25, 0.3) is 0 Å². The Morgan fingerprint density at radius 1 is 0.920 bits per heavy atom. The van der Waals surface area contributed by atoms with E-state index >= 15 is 0 Å². The van der Waals surface area contributed by atoms with Gasteiger partial charge in [-0.05, 0) is 24.3 Å². The Balaban J connectivity index is 1.72. The molecule has 3 aromatic carbocycles. The number of nitrogens with one attached hydrogen (secondary N) is 1. The first-order valence-corrected chi connectivity index (χ1v) is 8.07. The Kier molecular flexibility index (Phi) is 3.86. The number of hydrogen-bond acceptors (Lipinski definition) is 3. The lowest BCUT2D eigenvalue weighted by atomic mass is 9.87. The summed E-state index contributed by atoms with van der Waals surface area (Å²) in [6.45, 7) is 0. The van der Waals surface area contributed by atoms with Crippen LogP contribution in [0, 0.1) is 0 Å². The van der Waals surface area contributed by atoms with Gasteiger partial charge in [-0.1, -0.05) is 42.5 Å². The van der Waals surface area contributed by atoms with E-state index in [1.807, 2.05) is 66.7 Å². The maximum absolute atomic E-state index is 13.1. The fourth-order valence-corrected chi connectivity index (χ4v) is 3.11. The summed E-state index contributed by atoms with van der Waals surface area (Å²) >= 11 is 0. The van der Waals surface area contributed by atoms with Gasteiger partial charge in [0.2, 0.25) is 5.91 Å². The summed E-state index contributed by atoms with van der Waals surface area (Å²) in [7, 11) is 1.60. The summed E-state index contributed by atoms with van der Waals surface area (Å²) in [5.41, 5.74) is 2.42. The highest BCUT2D eigenvalue weighted by Crippen LogP contribution is 2.44. The average molecular weight is 331 g/mol. The smallest absolute Gasteiger partial charge is 0.236 e. The highest BCUT2D eigenvalue weighted by Gasteiger charge is 2.32. The fourth-order valence-electron chi connectivity index (χ4n) is 3.11. The Hall–Kier alpha value is -3.27. The van der Waals surface area contributed by atoms with Gasteiger partial charge >= 0.3 is 0 Å². The number of fused-ring (bicyclic) bond motifs is 2. The molecule has 124 valence electrons. The SMILES string of the molecule is COc1cccc(NC(=O)C2c3ccccc3Oc3ccccc32)c1. The third-order valence-corrected chi connectivity index (χ3v) is 4.28. The molecule has 0 saturated heterocycles. The fraction of sp³-hybridized carbons (Fsp3) is 0.0952. The summed E-state index contributed by atoms with van der Waals surface area (Å²) in [6.07, 6.45) is 0. The van der Waals surface area contributed by atoms with Gasteiger partial charge in [0, 0.05) is 22.9 Å². The average Bonchev–Trinajstić information content (AvgIpc) is 2.66. The number of methoxy groups -OCH3 is 1. The molecule has 1 N–H and O–H groups in total. The molecule has 4 nitrogen and oxygen atoms in total. The molecule has 1 aliphatic rings. The number of benzene rings is 3. The van der Waals surface area contributed by atoms with Crippen molar-refractivity contribution in [1.82, 2.24) is 0 Å². The standard InChI is InChI=1S/C21H17NO3/c1-24-15-8-6-7-14(13-15)22-21(23)20-16-9-2-4-11-18(16)25-19-12-5-3-10-17(19)20/h2-13,20H,1H3,(H,22,23). The minimum absolute atomic E-state index is 0.101. The zero-order chi connectivity index (χ0) is 17.2. The predicted molar refractivity (Wildman–Crippen MR) is 96.4 cm³/mol. The van der Waals surface area contributed by atoms with Gasteiger partial charge in [-0.25, -0.2) is 0 Å². The molecular weight excluding hydrogens is 314 g/mol. The molecule has 25 heavy (non-hydrogen) atoms. The highest BCUT2D eigenvalue weighted by atomic mass is 16.5. The minimum Gasteiger partial charge on any atom is -0.497 e. The van der Waals surface area contributed by atoms with Crippen LogP contribution in [0.25, 0.3) is 0 Å². The van der Waals surface area contributed by atoms with Crippen molar-refractivity contribution >= 4 is 11.6 Å². The van der Waals surface area contributed by atoms with Crippen molar-refractivity contribution < 1.29 is 14.3 Å².